The van der Waals surface area contributed by atoms with Crippen molar-refractivity contribution in [2.24, 2.45) is 0 Å². The molecule has 1 unspecified atom stereocenters. The van der Waals surface area contributed by atoms with Crippen LogP contribution in [0.2, 0.25) is 0 Å². The molecule has 1 saturated heterocycles. The Morgan fingerprint density at radius 2 is 2.25 bits per heavy atom. The summed E-state index contributed by atoms with van der Waals surface area (Å²) in [4.78, 5) is 2.61. The van der Waals surface area contributed by atoms with Gasteiger partial charge in [-0.05, 0) is 45.7 Å². The van der Waals surface area contributed by atoms with Crippen LogP contribution in [0.4, 0.5) is 0 Å². The first-order valence-electron chi connectivity index (χ1n) is 6.82. The summed E-state index contributed by atoms with van der Waals surface area (Å²) in [6.45, 7) is 13.3. The molecule has 0 amide bonds. The van der Waals surface area contributed by atoms with E-state index in [1.54, 1.807) is 0 Å². The van der Waals surface area contributed by atoms with Crippen molar-refractivity contribution in [1.29, 1.82) is 0 Å². The van der Waals surface area contributed by atoms with Gasteiger partial charge in [0.2, 0.25) is 0 Å². The van der Waals surface area contributed by atoms with E-state index in [-0.39, 0.29) is 0 Å². The SMILES string of the molecule is C=C(C)CCN(CCCC)CC1CCCN1. The van der Waals surface area contributed by atoms with E-state index in [2.05, 4.69) is 30.6 Å². The molecule has 1 fully saturated rings. The highest BCUT2D eigenvalue weighted by Crippen LogP contribution is 2.09. The quantitative estimate of drug-likeness (QED) is 0.638. The Hall–Kier alpha value is -0.340. The summed E-state index contributed by atoms with van der Waals surface area (Å²) in [5, 5.41) is 3.59. The average molecular weight is 224 g/mol. The highest BCUT2D eigenvalue weighted by molar-refractivity contribution is 4.89. The van der Waals surface area contributed by atoms with Crippen LogP contribution in [0.5, 0.6) is 0 Å². The fourth-order valence-electron chi connectivity index (χ4n) is 2.25. The van der Waals surface area contributed by atoms with Crippen molar-refractivity contribution < 1.29 is 0 Å². The van der Waals surface area contributed by atoms with Gasteiger partial charge in [-0.3, -0.25) is 0 Å². The standard InChI is InChI=1S/C14H28N2/c1-4-5-10-16(11-8-13(2)3)12-14-7-6-9-15-14/h14-15H,2,4-12H2,1,3H3. The minimum Gasteiger partial charge on any atom is -0.313 e. The van der Waals surface area contributed by atoms with E-state index >= 15 is 0 Å². The monoisotopic (exact) mass is 224 g/mol. The van der Waals surface area contributed by atoms with Crippen molar-refractivity contribution in [3.8, 4) is 0 Å². The topological polar surface area (TPSA) is 15.3 Å². The predicted octanol–water partition coefficient (Wildman–Crippen LogP) is 2.81. The second-order valence-electron chi connectivity index (χ2n) is 5.15. The third-order valence-corrected chi connectivity index (χ3v) is 3.32. The van der Waals surface area contributed by atoms with Crippen molar-refractivity contribution in [2.45, 2.75) is 52.0 Å². The summed E-state index contributed by atoms with van der Waals surface area (Å²) in [6, 6.07) is 0.738. The first-order valence-corrected chi connectivity index (χ1v) is 6.82. The Labute approximate surface area is 101 Å². The van der Waals surface area contributed by atoms with E-state index in [0.29, 0.717) is 0 Å². The number of nitrogens with one attached hydrogen (secondary N) is 1. The zero-order valence-corrected chi connectivity index (χ0v) is 11.1. The minimum atomic E-state index is 0.738. The fraction of sp³-hybridized carbons (Fsp3) is 0.857. The Balaban J connectivity index is 2.26. The third kappa shape index (κ3) is 5.66. The van der Waals surface area contributed by atoms with Crippen LogP contribution < -0.4 is 5.32 Å². The summed E-state index contributed by atoms with van der Waals surface area (Å²) in [6.07, 6.45) is 6.48. The van der Waals surface area contributed by atoms with E-state index in [1.807, 2.05) is 0 Å². The molecule has 0 aliphatic carbocycles. The largest absolute Gasteiger partial charge is 0.313 e. The molecule has 0 radical (unpaired) electrons. The molecular formula is C14H28N2. The predicted molar refractivity (Wildman–Crippen MR) is 71.8 cm³/mol. The number of rotatable bonds is 8. The molecule has 2 nitrogen and oxygen atoms in total. The molecule has 1 rings (SSSR count). The van der Waals surface area contributed by atoms with Crippen molar-refractivity contribution in [3.63, 3.8) is 0 Å². The maximum atomic E-state index is 4.00. The molecule has 0 saturated carbocycles. The molecule has 1 N–H and O–H groups in total. The maximum Gasteiger partial charge on any atom is 0.0195 e. The Bertz CT molecular complexity index is 195. The third-order valence-electron chi connectivity index (χ3n) is 3.32. The van der Waals surface area contributed by atoms with Gasteiger partial charge in [0.15, 0.2) is 0 Å². The van der Waals surface area contributed by atoms with Crippen molar-refractivity contribution in [3.05, 3.63) is 12.2 Å². The second-order valence-corrected chi connectivity index (χ2v) is 5.15. The molecule has 0 aromatic heterocycles. The summed E-state index contributed by atoms with van der Waals surface area (Å²) < 4.78 is 0. The lowest BCUT2D eigenvalue weighted by Crippen LogP contribution is -2.38. The van der Waals surface area contributed by atoms with Crippen LogP contribution in [-0.2, 0) is 0 Å². The van der Waals surface area contributed by atoms with E-state index < -0.39 is 0 Å². The molecule has 94 valence electrons. The summed E-state index contributed by atoms with van der Waals surface area (Å²) in [5.74, 6) is 0. The maximum absolute atomic E-state index is 4.00. The lowest BCUT2D eigenvalue weighted by molar-refractivity contribution is 0.248. The van der Waals surface area contributed by atoms with Crippen LogP contribution in [0.15, 0.2) is 12.2 Å². The highest BCUT2D eigenvalue weighted by Gasteiger charge is 2.17. The van der Waals surface area contributed by atoms with E-state index in [1.165, 1.54) is 57.4 Å². The van der Waals surface area contributed by atoms with Gasteiger partial charge in [0, 0.05) is 19.1 Å². The number of unbranched alkanes of at least 4 members (excludes halogenated alkanes) is 1. The summed E-state index contributed by atoms with van der Waals surface area (Å²) >= 11 is 0. The number of nitrogens with zero attached hydrogens (tertiary/aromatic N) is 1. The van der Waals surface area contributed by atoms with Crippen LogP contribution in [0.1, 0.15) is 46.0 Å². The zero-order chi connectivity index (χ0) is 11.8. The first-order chi connectivity index (χ1) is 7.72. The van der Waals surface area contributed by atoms with Crippen molar-refractivity contribution in [2.75, 3.05) is 26.2 Å². The Kier molecular flexibility index (Phi) is 6.74. The van der Waals surface area contributed by atoms with Gasteiger partial charge >= 0.3 is 0 Å². The molecule has 0 spiro atoms. The smallest absolute Gasteiger partial charge is 0.0195 e. The van der Waals surface area contributed by atoms with E-state index in [0.717, 1.165) is 12.5 Å². The Morgan fingerprint density at radius 3 is 2.81 bits per heavy atom. The molecular weight excluding hydrogens is 196 g/mol. The average Bonchev–Trinajstić information content (AvgIpc) is 2.74. The van der Waals surface area contributed by atoms with Gasteiger partial charge in [0.25, 0.3) is 0 Å². The number of hydrogen-bond donors (Lipinski definition) is 1. The molecule has 1 aliphatic heterocycles. The van der Waals surface area contributed by atoms with Crippen LogP contribution in [-0.4, -0.2) is 37.1 Å². The van der Waals surface area contributed by atoms with Crippen molar-refractivity contribution in [1.82, 2.24) is 10.2 Å². The fourth-order valence-corrected chi connectivity index (χ4v) is 2.25. The van der Waals surface area contributed by atoms with Crippen LogP contribution in [0, 0.1) is 0 Å². The van der Waals surface area contributed by atoms with E-state index in [9.17, 15) is 0 Å². The van der Waals surface area contributed by atoms with Gasteiger partial charge in [-0.1, -0.05) is 18.9 Å². The van der Waals surface area contributed by atoms with Crippen LogP contribution in [0.25, 0.3) is 0 Å². The highest BCUT2D eigenvalue weighted by atomic mass is 15.1. The van der Waals surface area contributed by atoms with Crippen LogP contribution in [0.3, 0.4) is 0 Å². The summed E-state index contributed by atoms with van der Waals surface area (Å²) in [7, 11) is 0. The second kappa shape index (κ2) is 7.86. The van der Waals surface area contributed by atoms with Gasteiger partial charge in [-0.15, -0.1) is 6.58 Å². The van der Waals surface area contributed by atoms with Gasteiger partial charge < -0.3 is 10.2 Å². The zero-order valence-electron chi connectivity index (χ0n) is 11.1. The Morgan fingerprint density at radius 1 is 1.44 bits per heavy atom. The normalized spacial score (nSPS) is 20.6. The van der Waals surface area contributed by atoms with Gasteiger partial charge in [0.1, 0.15) is 0 Å². The number of hydrogen-bond acceptors (Lipinski definition) is 2. The van der Waals surface area contributed by atoms with Gasteiger partial charge in [-0.25, -0.2) is 0 Å². The molecule has 2 heteroatoms. The molecule has 1 atom stereocenters. The first kappa shape index (κ1) is 13.7. The van der Waals surface area contributed by atoms with Gasteiger partial charge in [0.05, 0.1) is 0 Å². The van der Waals surface area contributed by atoms with Gasteiger partial charge in [-0.2, -0.15) is 0 Å². The van der Waals surface area contributed by atoms with Crippen molar-refractivity contribution >= 4 is 0 Å². The lowest BCUT2D eigenvalue weighted by atomic mass is 10.1. The minimum absolute atomic E-state index is 0.738. The molecule has 0 bridgehead atoms. The molecule has 16 heavy (non-hydrogen) atoms. The molecule has 1 heterocycles. The molecule has 0 aromatic carbocycles. The lowest BCUT2D eigenvalue weighted by Gasteiger charge is -2.25. The summed E-state index contributed by atoms with van der Waals surface area (Å²) in [5.41, 5.74) is 1.31. The van der Waals surface area contributed by atoms with Crippen LogP contribution >= 0.6 is 0 Å². The molecule has 1 aliphatic rings. The molecule has 0 aromatic rings. The van der Waals surface area contributed by atoms with E-state index in [4.69, 9.17) is 0 Å².